The maximum atomic E-state index is 12.7. The van der Waals surface area contributed by atoms with Gasteiger partial charge in [0.25, 0.3) is 5.91 Å². The zero-order valence-electron chi connectivity index (χ0n) is 13.0. The molecule has 1 aliphatic rings. The van der Waals surface area contributed by atoms with E-state index in [-0.39, 0.29) is 5.91 Å². The highest BCUT2D eigenvalue weighted by Gasteiger charge is 2.22. The number of amides is 1. The first-order valence-electron chi connectivity index (χ1n) is 7.90. The molecule has 0 spiro atoms. The molecule has 116 valence electrons. The van der Waals surface area contributed by atoms with Gasteiger partial charge in [-0.1, -0.05) is 31.4 Å². The Balaban J connectivity index is 2.10. The van der Waals surface area contributed by atoms with Crippen LogP contribution in [-0.2, 0) is 0 Å². The van der Waals surface area contributed by atoms with Gasteiger partial charge in [0, 0.05) is 30.8 Å². The summed E-state index contributed by atoms with van der Waals surface area (Å²) in [5.74, 6) is 0.716. The van der Waals surface area contributed by atoms with Gasteiger partial charge < -0.3 is 10.2 Å². The van der Waals surface area contributed by atoms with Crippen LogP contribution in [0.25, 0.3) is 0 Å². The summed E-state index contributed by atoms with van der Waals surface area (Å²) in [7, 11) is 1.89. The Bertz CT molecular complexity index is 484. The van der Waals surface area contributed by atoms with E-state index in [9.17, 15) is 4.79 Å². The highest BCUT2D eigenvalue weighted by Crippen LogP contribution is 2.27. The third-order valence-electron chi connectivity index (χ3n) is 4.13. The predicted octanol–water partition coefficient (Wildman–Crippen LogP) is 4.42. The molecule has 0 atom stereocenters. The first-order chi connectivity index (χ1) is 10.1. The van der Waals surface area contributed by atoms with Gasteiger partial charge in [0.05, 0.1) is 5.56 Å². The fourth-order valence-corrected chi connectivity index (χ4v) is 3.15. The molecule has 0 bridgehead atoms. The molecular formula is C17H25ClN2O. The number of carbonyl (C=O) groups is 1. The van der Waals surface area contributed by atoms with Crippen LogP contribution in [0.5, 0.6) is 0 Å². The van der Waals surface area contributed by atoms with Crippen molar-refractivity contribution in [3.8, 4) is 0 Å². The summed E-state index contributed by atoms with van der Waals surface area (Å²) in [6, 6.07) is 5.50. The lowest BCUT2D eigenvalue weighted by Crippen LogP contribution is -2.31. The Morgan fingerprint density at radius 1 is 1.38 bits per heavy atom. The molecular weight excluding hydrogens is 284 g/mol. The van der Waals surface area contributed by atoms with Crippen molar-refractivity contribution in [2.75, 3.05) is 25.5 Å². The third kappa shape index (κ3) is 4.37. The summed E-state index contributed by atoms with van der Waals surface area (Å²) in [6.45, 7) is 3.81. The quantitative estimate of drug-likeness (QED) is 0.843. The number of halogens is 1. The molecule has 0 heterocycles. The number of hydrogen-bond acceptors (Lipinski definition) is 2. The van der Waals surface area contributed by atoms with Crippen LogP contribution in [0, 0.1) is 5.92 Å². The molecule has 0 saturated heterocycles. The molecule has 1 fully saturated rings. The largest absolute Gasteiger partial charge is 0.384 e. The first-order valence-corrected chi connectivity index (χ1v) is 8.28. The Morgan fingerprint density at radius 2 is 2.10 bits per heavy atom. The molecule has 1 amide bonds. The Hall–Kier alpha value is -1.22. The molecule has 21 heavy (non-hydrogen) atoms. The summed E-state index contributed by atoms with van der Waals surface area (Å²) in [6.07, 6.45) is 6.11. The molecule has 1 saturated carbocycles. The molecule has 1 N–H and O–H groups in total. The monoisotopic (exact) mass is 308 g/mol. The van der Waals surface area contributed by atoms with Crippen molar-refractivity contribution in [3.05, 3.63) is 28.8 Å². The van der Waals surface area contributed by atoms with E-state index in [1.165, 1.54) is 25.7 Å². The van der Waals surface area contributed by atoms with Crippen LogP contribution in [0.4, 0.5) is 5.69 Å². The lowest BCUT2D eigenvalue weighted by atomic mass is 10.1. The number of anilines is 1. The highest BCUT2D eigenvalue weighted by molar-refractivity contribution is 6.31. The zero-order valence-corrected chi connectivity index (χ0v) is 13.7. The van der Waals surface area contributed by atoms with Gasteiger partial charge in [-0.05, 0) is 43.4 Å². The molecule has 2 rings (SSSR count). The average Bonchev–Trinajstić information content (AvgIpc) is 2.98. The normalized spacial score (nSPS) is 15.2. The van der Waals surface area contributed by atoms with Gasteiger partial charge in [-0.15, -0.1) is 0 Å². The second-order valence-corrected chi connectivity index (χ2v) is 6.39. The highest BCUT2D eigenvalue weighted by atomic mass is 35.5. The van der Waals surface area contributed by atoms with Crippen LogP contribution < -0.4 is 5.32 Å². The number of nitrogens with zero attached hydrogens (tertiary/aromatic N) is 1. The molecule has 0 unspecified atom stereocenters. The molecule has 4 heteroatoms. The number of hydrogen-bond donors (Lipinski definition) is 1. The molecule has 0 aliphatic heterocycles. The summed E-state index contributed by atoms with van der Waals surface area (Å²) >= 11 is 6.07. The predicted molar refractivity (Wildman–Crippen MR) is 89.2 cm³/mol. The van der Waals surface area contributed by atoms with E-state index in [2.05, 4.69) is 12.2 Å². The fourth-order valence-electron chi connectivity index (χ4n) is 2.98. The molecule has 0 radical (unpaired) electrons. The van der Waals surface area contributed by atoms with Crippen LogP contribution in [0.2, 0.25) is 5.02 Å². The van der Waals surface area contributed by atoms with E-state index in [1.807, 2.05) is 24.1 Å². The molecule has 1 aromatic rings. The number of benzene rings is 1. The lowest BCUT2D eigenvalue weighted by Gasteiger charge is -2.22. The van der Waals surface area contributed by atoms with Gasteiger partial charge >= 0.3 is 0 Å². The van der Waals surface area contributed by atoms with Crippen molar-refractivity contribution < 1.29 is 4.79 Å². The summed E-state index contributed by atoms with van der Waals surface area (Å²) < 4.78 is 0. The smallest absolute Gasteiger partial charge is 0.255 e. The number of rotatable bonds is 6. The van der Waals surface area contributed by atoms with E-state index < -0.39 is 0 Å². The van der Waals surface area contributed by atoms with Crippen LogP contribution >= 0.6 is 11.6 Å². The van der Waals surface area contributed by atoms with E-state index in [0.717, 1.165) is 25.2 Å². The minimum absolute atomic E-state index is 0.0583. The number of nitrogens with one attached hydrogen (secondary N) is 1. The minimum atomic E-state index is 0.0583. The van der Waals surface area contributed by atoms with Crippen LogP contribution in [-0.4, -0.2) is 30.9 Å². The van der Waals surface area contributed by atoms with Crippen molar-refractivity contribution in [2.45, 2.75) is 39.0 Å². The van der Waals surface area contributed by atoms with Gasteiger partial charge in [0.15, 0.2) is 0 Å². The second-order valence-electron chi connectivity index (χ2n) is 5.95. The minimum Gasteiger partial charge on any atom is -0.384 e. The van der Waals surface area contributed by atoms with Gasteiger partial charge in [0.1, 0.15) is 0 Å². The molecule has 1 aliphatic carbocycles. The summed E-state index contributed by atoms with van der Waals surface area (Å²) in [5.41, 5.74) is 1.56. The van der Waals surface area contributed by atoms with Crippen molar-refractivity contribution in [1.82, 2.24) is 4.90 Å². The van der Waals surface area contributed by atoms with Crippen LogP contribution in [0.15, 0.2) is 18.2 Å². The summed E-state index contributed by atoms with van der Waals surface area (Å²) in [4.78, 5) is 14.5. The van der Waals surface area contributed by atoms with E-state index in [4.69, 9.17) is 11.6 Å². The van der Waals surface area contributed by atoms with Gasteiger partial charge in [-0.2, -0.15) is 0 Å². The van der Waals surface area contributed by atoms with E-state index >= 15 is 0 Å². The van der Waals surface area contributed by atoms with Crippen molar-refractivity contribution in [2.24, 2.45) is 5.92 Å². The Morgan fingerprint density at radius 3 is 2.76 bits per heavy atom. The number of carbonyl (C=O) groups excluding carboxylic acids is 1. The van der Waals surface area contributed by atoms with Crippen molar-refractivity contribution >= 4 is 23.2 Å². The van der Waals surface area contributed by atoms with Gasteiger partial charge in [-0.25, -0.2) is 0 Å². The van der Waals surface area contributed by atoms with E-state index in [0.29, 0.717) is 16.5 Å². The lowest BCUT2D eigenvalue weighted by molar-refractivity contribution is 0.0774. The molecule has 0 aromatic heterocycles. The first kappa shape index (κ1) is 16.2. The Kier molecular flexibility index (Phi) is 5.92. The van der Waals surface area contributed by atoms with Gasteiger partial charge in [-0.3, -0.25) is 4.79 Å². The molecule has 1 aromatic carbocycles. The topological polar surface area (TPSA) is 32.3 Å². The third-order valence-corrected chi connectivity index (χ3v) is 4.37. The molecule has 3 nitrogen and oxygen atoms in total. The SMILES string of the molecule is CCCNc1ccc(Cl)cc1C(=O)N(C)CC1CCCC1. The fraction of sp³-hybridized carbons (Fsp3) is 0.588. The average molecular weight is 309 g/mol. The summed E-state index contributed by atoms with van der Waals surface area (Å²) in [5, 5.41) is 3.92. The second kappa shape index (κ2) is 7.69. The maximum absolute atomic E-state index is 12.7. The van der Waals surface area contributed by atoms with Crippen LogP contribution in [0.3, 0.4) is 0 Å². The van der Waals surface area contributed by atoms with Crippen LogP contribution in [0.1, 0.15) is 49.4 Å². The standard InChI is InChI=1S/C17H25ClN2O/c1-3-10-19-16-9-8-14(18)11-15(16)17(21)20(2)12-13-6-4-5-7-13/h8-9,11,13,19H,3-7,10,12H2,1-2H3. The maximum Gasteiger partial charge on any atom is 0.255 e. The van der Waals surface area contributed by atoms with Crippen molar-refractivity contribution in [3.63, 3.8) is 0 Å². The zero-order chi connectivity index (χ0) is 15.2. The van der Waals surface area contributed by atoms with E-state index in [1.54, 1.807) is 6.07 Å². The van der Waals surface area contributed by atoms with Gasteiger partial charge in [0.2, 0.25) is 0 Å². The van der Waals surface area contributed by atoms with Crippen molar-refractivity contribution in [1.29, 1.82) is 0 Å². The Labute approximate surface area is 132 Å².